The SMILES string of the molecule is C=C(C)/C=C/c1cc(/C=C/c2cc(O)cc(O)c2)ccc1O. The van der Waals surface area contributed by atoms with Crippen molar-refractivity contribution in [2.45, 2.75) is 6.92 Å². The standard InChI is InChI=1S/C19H18O3/c1-13(2)3-7-16-9-14(6-8-19(16)22)4-5-15-10-17(20)12-18(21)11-15/h3-12,20-22H,1H2,2H3/b5-4+,7-3+. The van der Waals surface area contributed by atoms with Gasteiger partial charge in [-0.2, -0.15) is 0 Å². The van der Waals surface area contributed by atoms with Crippen LogP contribution in [0.25, 0.3) is 18.2 Å². The fourth-order valence-corrected chi connectivity index (χ4v) is 1.95. The maximum Gasteiger partial charge on any atom is 0.122 e. The number of hydrogen-bond donors (Lipinski definition) is 3. The first kappa shape index (κ1) is 15.4. The van der Waals surface area contributed by atoms with Crippen molar-refractivity contribution in [2.75, 3.05) is 0 Å². The average Bonchev–Trinajstić information content (AvgIpc) is 2.44. The summed E-state index contributed by atoms with van der Waals surface area (Å²) in [6.45, 7) is 5.67. The molecule has 0 aliphatic heterocycles. The highest BCUT2D eigenvalue weighted by Gasteiger charge is 1.99. The summed E-state index contributed by atoms with van der Waals surface area (Å²) in [6, 6.07) is 9.63. The Hall–Kier alpha value is -2.94. The Labute approximate surface area is 129 Å². The minimum atomic E-state index is 0.00966. The molecule has 2 rings (SSSR count). The molecule has 0 fully saturated rings. The maximum absolute atomic E-state index is 9.83. The number of benzene rings is 2. The van der Waals surface area contributed by atoms with Gasteiger partial charge in [-0.15, -0.1) is 0 Å². The number of rotatable bonds is 4. The van der Waals surface area contributed by atoms with Crippen molar-refractivity contribution in [1.82, 2.24) is 0 Å². The van der Waals surface area contributed by atoms with Crippen LogP contribution < -0.4 is 0 Å². The monoisotopic (exact) mass is 294 g/mol. The van der Waals surface area contributed by atoms with E-state index in [2.05, 4.69) is 6.58 Å². The third-order valence-electron chi connectivity index (χ3n) is 2.99. The minimum Gasteiger partial charge on any atom is -0.508 e. The molecule has 3 nitrogen and oxygen atoms in total. The molecule has 0 unspecified atom stereocenters. The Balaban J connectivity index is 2.27. The van der Waals surface area contributed by atoms with Gasteiger partial charge >= 0.3 is 0 Å². The number of allylic oxidation sites excluding steroid dienone is 2. The number of phenolic OH excluding ortho intramolecular Hbond substituents is 3. The van der Waals surface area contributed by atoms with E-state index in [-0.39, 0.29) is 17.2 Å². The van der Waals surface area contributed by atoms with E-state index in [0.29, 0.717) is 11.1 Å². The predicted octanol–water partition coefficient (Wildman–Crippen LogP) is 4.56. The smallest absolute Gasteiger partial charge is 0.122 e. The third-order valence-corrected chi connectivity index (χ3v) is 2.99. The zero-order chi connectivity index (χ0) is 16.1. The first-order chi connectivity index (χ1) is 10.4. The summed E-state index contributed by atoms with van der Waals surface area (Å²) in [5.74, 6) is 0.218. The van der Waals surface area contributed by atoms with Crippen molar-refractivity contribution in [1.29, 1.82) is 0 Å². The van der Waals surface area contributed by atoms with Crippen LogP contribution in [0.3, 0.4) is 0 Å². The summed E-state index contributed by atoms with van der Waals surface area (Å²) in [5, 5.41) is 28.7. The van der Waals surface area contributed by atoms with E-state index in [1.165, 1.54) is 6.07 Å². The van der Waals surface area contributed by atoms with E-state index in [4.69, 9.17) is 0 Å². The Kier molecular flexibility index (Phi) is 4.69. The van der Waals surface area contributed by atoms with Crippen LogP contribution in [0.5, 0.6) is 17.2 Å². The Morgan fingerprint density at radius 3 is 2.14 bits per heavy atom. The van der Waals surface area contributed by atoms with Gasteiger partial charge in [0.05, 0.1) is 0 Å². The lowest BCUT2D eigenvalue weighted by molar-refractivity contribution is 0.450. The summed E-state index contributed by atoms with van der Waals surface area (Å²) >= 11 is 0. The number of hydrogen-bond acceptors (Lipinski definition) is 3. The second-order valence-corrected chi connectivity index (χ2v) is 5.11. The van der Waals surface area contributed by atoms with Crippen LogP contribution in [-0.4, -0.2) is 15.3 Å². The highest BCUT2D eigenvalue weighted by molar-refractivity contribution is 5.73. The predicted molar refractivity (Wildman–Crippen MR) is 90.7 cm³/mol. The van der Waals surface area contributed by atoms with Gasteiger partial charge in [-0.1, -0.05) is 42.5 Å². The average molecular weight is 294 g/mol. The molecule has 2 aromatic carbocycles. The summed E-state index contributed by atoms with van der Waals surface area (Å²) in [4.78, 5) is 0. The van der Waals surface area contributed by atoms with E-state index < -0.39 is 0 Å². The van der Waals surface area contributed by atoms with Crippen LogP contribution in [0, 0.1) is 0 Å². The van der Waals surface area contributed by atoms with E-state index in [9.17, 15) is 15.3 Å². The largest absolute Gasteiger partial charge is 0.508 e. The van der Waals surface area contributed by atoms with Crippen LogP contribution >= 0.6 is 0 Å². The van der Waals surface area contributed by atoms with Crippen molar-refractivity contribution < 1.29 is 15.3 Å². The highest BCUT2D eigenvalue weighted by atomic mass is 16.3. The molecule has 22 heavy (non-hydrogen) atoms. The van der Waals surface area contributed by atoms with Crippen LogP contribution in [-0.2, 0) is 0 Å². The van der Waals surface area contributed by atoms with Gasteiger partial charge in [-0.25, -0.2) is 0 Å². The first-order valence-electron chi connectivity index (χ1n) is 6.82. The highest BCUT2D eigenvalue weighted by Crippen LogP contribution is 2.24. The molecular weight excluding hydrogens is 276 g/mol. The molecule has 2 aromatic rings. The molecule has 0 aliphatic rings. The quantitative estimate of drug-likeness (QED) is 0.572. The molecule has 0 radical (unpaired) electrons. The van der Waals surface area contributed by atoms with Gasteiger partial charge < -0.3 is 15.3 Å². The van der Waals surface area contributed by atoms with Gasteiger partial charge in [0.15, 0.2) is 0 Å². The zero-order valence-corrected chi connectivity index (χ0v) is 12.3. The summed E-state index contributed by atoms with van der Waals surface area (Å²) in [7, 11) is 0. The van der Waals surface area contributed by atoms with Crippen molar-refractivity contribution >= 4 is 18.2 Å². The van der Waals surface area contributed by atoms with Crippen molar-refractivity contribution in [3.8, 4) is 17.2 Å². The molecule has 0 saturated heterocycles. The lowest BCUT2D eigenvalue weighted by atomic mass is 10.1. The van der Waals surface area contributed by atoms with Gasteiger partial charge in [-0.05, 0) is 42.3 Å². The van der Waals surface area contributed by atoms with Gasteiger partial charge in [0.1, 0.15) is 17.2 Å². The van der Waals surface area contributed by atoms with Gasteiger partial charge in [0.2, 0.25) is 0 Å². The van der Waals surface area contributed by atoms with E-state index in [0.717, 1.165) is 11.1 Å². The van der Waals surface area contributed by atoms with Crippen LogP contribution in [0.1, 0.15) is 23.6 Å². The number of aromatic hydroxyl groups is 3. The van der Waals surface area contributed by atoms with Gasteiger partial charge in [0.25, 0.3) is 0 Å². The fraction of sp³-hybridized carbons (Fsp3) is 0.0526. The summed E-state index contributed by atoms with van der Waals surface area (Å²) < 4.78 is 0. The first-order valence-corrected chi connectivity index (χ1v) is 6.82. The molecule has 0 saturated carbocycles. The molecule has 0 aromatic heterocycles. The van der Waals surface area contributed by atoms with Gasteiger partial charge in [-0.3, -0.25) is 0 Å². The van der Waals surface area contributed by atoms with E-state index >= 15 is 0 Å². The normalized spacial score (nSPS) is 11.3. The minimum absolute atomic E-state index is 0.00966. The molecule has 3 heteroatoms. The second-order valence-electron chi connectivity index (χ2n) is 5.11. The van der Waals surface area contributed by atoms with Crippen molar-refractivity contribution in [3.63, 3.8) is 0 Å². The van der Waals surface area contributed by atoms with Crippen molar-refractivity contribution in [2.24, 2.45) is 0 Å². The third kappa shape index (κ3) is 4.28. The van der Waals surface area contributed by atoms with Crippen LogP contribution in [0.2, 0.25) is 0 Å². The molecule has 0 heterocycles. The second kappa shape index (κ2) is 6.68. The lowest BCUT2D eigenvalue weighted by Crippen LogP contribution is -1.79. The molecule has 0 atom stereocenters. The molecule has 0 spiro atoms. The van der Waals surface area contributed by atoms with Crippen LogP contribution in [0.15, 0.2) is 54.6 Å². The maximum atomic E-state index is 9.83. The summed E-state index contributed by atoms with van der Waals surface area (Å²) in [5.41, 5.74) is 3.17. The lowest BCUT2D eigenvalue weighted by Gasteiger charge is -2.02. The molecule has 0 amide bonds. The fourth-order valence-electron chi connectivity index (χ4n) is 1.95. The zero-order valence-electron chi connectivity index (χ0n) is 12.3. The Morgan fingerprint density at radius 2 is 1.50 bits per heavy atom. The van der Waals surface area contributed by atoms with Crippen molar-refractivity contribution in [3.05, 3.63) is 71.3 Å². The topological polar surface area (TPSA) is 60.7 Å². The Morgan fingerprint density at radius 1 is 0.864 bits per heavy atom. The molecule has 3 N–H and O–H groups in total. The molecule has 0 bridgehead atoms. The van der Waals surface area contributed by atoms with E-state index in [1.807, 2.05) is 25.1 Å². The molecule has 0 aliphatic carbocycles. The van der Waals surface area contributed by atoms with E-state index in [1.54, 1.807) is 36.4 Å². The number of phenols is 3. The van der Waals surface area contributed by atoms with Gasteiger partial charge in [0, 0.05) is 11.6 Å². The molecule has 112 valence electrons. The molecular formula is C19H18O3. The Bertz CT molecular complexity index is 735. The van der Waals surface area contributed by atoms with Crippen LogP contribution in [0.4, 0.5) is 0 Å². The summed E-state index contributed by atoms with van der Waals surface area (Å²) in [6.07, 6.45) is 7.24.